The standard InChI is InChI=1S/C16H27ClN2O/c1-12(2)6-5-7-20-16-15(17)8-14(11-19-16)10-18-9-13(3)4/h8,11-13,18H,5-7,9-10H2,1-4H3. The number of hydrogen-bond donors (Lipinski definition) is 1. The van der Waals surface area contributed by atoms with E-state index in [1.165, 1.54) is 0 Å². The predicted octanol–water partition coefficient (Wildman–Crippen LogP) is 4.30. The smallest absolute Gasteiger partial charge is 0.232 e. The van der Waals surface area contributed by atoms with Gasteiger partial charge in [0.1, 0.15) is 5.02 Å². The normalized spacial score (nSPS) is 11.3. The largest absolute Gasteiger partial charge is 0.477 e. The molecule has 0 saturated carbocycles. The predicted molar refractivity (Wildman–Crippen MR) is 85.4 cm³/mol. The first kappa shape index (κ1) is 17.3. The van der Waals surface area contributed by atoms with Crippen LogP contribution in [0.15, 0.2) is 12.3 Å². The molecule has 0 fully saturated rings. The summed E-state index contributed by atoms with van der Waals surface area (Å²) in [7, 11) is 0. The van der Waals surface area contributed by atoms with Gasteiger partial charge in [-0.25, -0.2) is 4.98 Å². The molecule has 20 heavy (non-hydrogen) atoms. The van der Waals surface area contributed by atoms with E-state index in [2.05, 4.69) is 38.0 Å². The molecule has 1 heterocycles. The Kier molecular flexibility index (Phi) is 7.93. The molecule has 1 rings (SSSR count). The quantitative estimate of drug-likeness (QED) is 0.690. The number of rotatable bonds is 9. The molecule has 114 valence electrons. The van der Waals surface area contributed by atoms with Crippen LogP contribution >= 0.6 is 11.6 Å². The summed E-state index contributed by atoms with van der Waals surface area (Å²) < 4.78 is 5.62. The van der Waals surface area contributed by atoms with Gasteiger partial charge in [-0.15, -0.1) is 0 Å². The lowest BCUT2D eigenvalue weighted by Crippen LogP contribution is -2.19. The molecule has 0 spiro atoms. The van der Waals surface area contributed by atoms with Crippen LogP contribution in [0.4, 0.5) is 0 Å². The van der Waals surface area contributed by atoms with Gasteiger partial charge in [-0.05, 0) is 42.9 Å². The Balaban J connectivity index is 2.39. The Labute approximate surface area is 128 Å². The highest BCUT2D eigenvalue weighted by Gasteiger charge is 2.05. The molecule has 0 aliphatic heterocycles. The Morgan fingerprint density at radius 2 is 2.00 bits per heavy atom. The molecule has 0 aliphatic carbocycles. The van der Waals surface area contributed by atoms with Gasteiger partial charge in [0.15, 0.2) is 0 Å². The van der Waals surface area contributed by atoms with E-state index in [0.717, 1.165) is 31.5 Å². The average molecular weight is 299 g/mol. The maximum atomic E-state index is 6.20. The van der Waals surface area contributed by atoms with Gasteiger partial charge in [-0.2, -0.15) is 0 Å². The third-order valence-electron chi connectivity index (χ3n) is 2.91. The van der Waals surface area contributed by atoms with Gasteiger partial charge in [-0.1, -0.05) is 39.3 Å². The van der Waals surface area contributed by atoms with Gasteiger partial charge in [0.2, 0.25) is 5.88 Å². The second-order valence-electron chi connectivity index (χ2n) is 6.04. The van der Waals surface area contributed by atoms with Crippen LogP contribution in [0.5, 0.6) is 5.88 Å². The third kappa shape index (κ3) is 7.11. The van der Waals surface area contributed by atoms with Crippen molar-refractivity contribution in [1.82, 2.24) is 10.3 Å². The molecule has 0 amide bonds. The first-order valence-electron chi connectivity index (χ1n) is 7.47. The second-order valence-corrected chi connectivity index (χ2v) is 6.45. The molecular weight excluding hydrogens is 272 g/mol. The van der Waals surface area contributed by atoms with Gasteiger partial charge in [0, 0.05) is 12.7 Å². The highest BCUT2D eigenvalue weighted by atomic mass is 35.5. The first-order valence-corrected chi connectivity index (χ1v) is 7.84. The van der Waals surface area contributed by atoms with E-state index in [9.17, 15) is 0 Å². The van der Waals surface area contributed by atoms with Gasteiger partial charge < -0.3 is 10.1 Å². The van der Waals surface area contributed by atoms with Crippen LogP contribution in [0.1, 0.15) is 46.1 Å². The average Bonchev–Trinajstić information content (AvgIpc) is 2.36. The van der Waals surface area contributed by atoms with Crippen LogP contribution in [0.2, 0.25) is 5.02 Å². The van der Waals surface area contributed by atoms with E-state index in [1.807, 2.05) is 12.3 Å². The van der Waals surface area contributed by atoms with E-state index < -0.39 is 0 Å². The summed E-state index contributed by atoms with van der Waals surface area (Å²) in [5.74, 6) is 1.89. The molecule has 3 nitrogen and oxygen atoms in total. The topological polar surface area (TPSA) is 34.1 Å². The molecule has 0 unspecified atom stereocenters. The molecule has 1 N–H and O–H groups in total. The number of hydrogen-bond acceptors (Lipinski definition) is 3. The monoisotopic (exact) mass is 298 g/mol. The van der Waals surface area contributed by atoms with E-state index in [0.29, 0.717) is 29.3 Å². The van der Waals surface area contributed by atoms with Gasteiger partial charge in [-0.3, -0.25) is 0 Å². The zero-order chi connectivity index (χ0) is 15.0. The van der Waals surface area contributed by atoms with Gasteiger partial charge in [0.25, 0.3) is 0 Å². The van der Waals surface area contributed by atoms with Gasteiger partial charge in [0.05, 0.1) is 6.61 Å². The fourth-order valence-electron chi connectivity index (χ4n) is 1.83. The third-order valence-corrected chi connectivity index (χ3v) is 3.18. The van der Waals surface area contributed by atoms with Crippen molar-refractivity contribution in [1.29, 1.82) is 0 Å². The van der Waals surface area contributed by atoms with Crippen LogP contribution in [0.3, 0.4) is 0 Å². The summed E-state index contributed by atoms with van der Waals surface area (Å²) >= 11 is 6.20. The summed E-state index contributed by atoms with van der Waals surface area (Å²) in [5.41, 5.74) is 1.09. The van der Waals surface area contributed by atoms with Crippen LogP contribution < -0.4 is 10.1 Å². The van der Waals surface area contributed by atoms with Crippen molar-refractivity contribution in [2.45, 2.75) is 47.1 Å². The van der Waals surface area contributed by atoms with Crippen molar-refractivity contribution in [3.05, 3.63) is 22.8 Å². The number of ether oxygens (including phenoxy) is 1. The van der Waals surface area contributed by atoms with Crippen molar-refractivity contribution >= 4 is 11.6 Å². The molecule has 0 aliphatic rings. The zero-order valence-electron chi connectivity index (χ0n) is 13.1. The number of aromatic nitrogens is 1. The van der Waals surface area contributed by atoms with Crippen molar-refractivity contribution < 1.29 is 4.74 Å². The maximum Gasteiger partial charge on any atom is 0.232 e. The summed E-state index contributed by atoms with van der Waals surface area (Å²) in [6.45, 7) is 11.3. The highest BCUT2D eigenvalue weighted by Crippen LogP contribution is 2.22. The summed E-state index contributed by atoms with van der Waals surface area (Å²) in [5, 5.41) is 3.97. The first-order chi connectivity index (χ1) is 9.49. The minimum atomic E-state index is 0.544. The molecule has 0 radical (unpaired) electrons. The highest BCUT2D eigenvalue weighted by molar-refractivity contribution is 6.31. The maximum absolute atomic E-state index is 6.20. The van der Waals surface area contributed by atoms with Crippen LogP contribution in [0, 0.1) is 11.8 Å². The van der Waals surface area contributed by atoms with Crippen molar-refractivity contribution in [2.75, 3.05) is 13.2 Å². The second kappa shape index (κ2) is 9.19. The molecule has 0 bridgehead atoms. The van der Waals surface area contributed by atoms with E-state index >= 15 is 0 Å². The number of nitrogens with zero attached hydrogens (tertiary/aromatic N) is 1. The summed E-state index contributed by atoms with van der Waals surface area (Å²) in [6, 6.07) is 1.93. The molecule has 1 aromatic heterocycles. The van der Waals surface area contributed by atoms with E-state index in [4.69, 9.17) is 16.3 Å². The van der Waals surface area contributed by atoms with E-state index in [-0.39, 0.29) is 0 Å². The zero-order valence-corrected chi connectivity index (χ0v) is 13.8. The van der Waals surface area contributed by atoms with Crippen molar-refractivity contribution in [2.24, 2.45) is 11.8 Å². The minimum Gasteiger partial charge on any atom is -0.477 e. The van der Waals surface area contributed by atoms with Crippen LogP contribution in [-0.4, -0.2) is 18.1 Å². The van der Waals surface area contributed by atoms with Gasteiger partial charge >= 0.3 is 0 Å². The molecule has 0 atom stereocenters. The van der Waals surface area contributed by atoms with Crippen LogP contribution in [-0.2, 0) is 6.54 Å². The van der Waals surface area contributed by atoms with Crippen LogP contribution in [0.25, 0.3) is 0 Å². The molecule has 4 heteroatoms. The van der Waals surface area contributed by atoms with E-state index in [1.54, 1.807) is 0 Å². The fourth-order valence-corrected chi connectivity index (χ4v) is 2.08. The lowest BCUT2D eigenvalue weighted by Gasteiger charge is -2.10. The fraction of sp³-hybridized carbons (Fsp3) is 0.688. The minimum absolute atomic E-state index is 0.544. The number of nitrogens with one attached hydrogen (secondary N) is 1. The lowest BCUT2D eigenvalue weighted by molar-refractivity contribution is 0.287. The van der Waals surface area contributed by atoms with Crippen molar-refractivity contribution in [3.8, 4) is 5.88 Å². The Morgan fingerprint density at radius 3 is 2.60 bits per heavy atom. The Bertz CT molecular complexity index is 394. The number of halogens is 1. The SMILES string of the molecule is CC(C)CCCOc1ncc(CNCC(C)C)cc1Cl. The number of pyridine rings is 1. The molecule has 0 saturated heterocycles. The molecule has 1 aromatic rings. The van der Waals surface area contributed by atoms with Crippen molar-refractivity contribution in [3.63, 3.8) is 0 Å². The summed E-state index contributed by atoms with van der Waals surface area (Å²) in [6.07, 6.45) is 4.03. The molecule has 0 aromatic carbocycles. The lowest BCUT2D eigenvalue weighted by atomic mass is 10.1. The Morgan fingerprint density at radius 1 is 1.25 bits per heavy atom. The molecular formula is C16H27ClN2O. The summed E-state index contributed by atoms with van der Waals surface area (Å²) in [4.78, 5) is 4.30. The Hall–Kier alpha value is -0.800.